The van der Waals surface area contributed by atoms with E-state index in [0.717, 1.165) is 5.56 Å². The lowest BCUT2D eigenvalue weighted by Crippen LogP contribution is -2.37. The van der Waals surface area contributed by atoms with Crippen LogP contribution in [0.2, 0.25) is 0 Å². The molecular weight excluding hydrogens is 364 g/mol. The lowest BCUT2D eigenvalue weighted by Gasteiger charge is -2.13. The van der Waals surface area contributed by atoms with Crippen LogP contribution in [0.4, 0.5) is 5.69 Å². The van der Waals surface area contributed by atoms with Crippen molar-refractivity contribution in [3.63, 3.8) is 0 Å². The Morgan fingerprint density at radius 2 is 2.00 bits per heavy atom. The van der Waals surface area contributed by atoms with Gasteiger partial charge in [-0.05, 0) is 29.8 Å². The zero-order chi connectivity index (χ0) is 20.1. The van der Waals surface area contributed by atoms with Gasteiger partial charge in [-0.1, -0.05) is 24.3 Å². The number of fused-ring (bicyclic) bond motifs is 1. The fourth-order valence-corrected chi connectivity index (χ4v) is 2.85. The van der Waals surface area contributed by atoms with Crippen molar-refractivity contribution in [2.24, 2.45) is 0 Å². The number of rotatable bonds is 7. The number of ether oxygens (including phenoxy) is 2. The molecule has 2 aromatic rings. The summed E-state index contributed by atoms with van der Waals surface area (Å²) in [4.78, 5) is 35.6. The first-order chi connectivity index (χ1) is 13.5. The molecule has 3 rings (SSSR count). The number of methoxy groups -OCH3 is 1. The number of benzene rings is 2. The van der Waals surface area contributed by atoms with Gasteiger partial charge in [-0.25, -0.2) is 4.79 Å². The third kappa shape index (κ3) is 4.47. The fourth-order valence-electron chi connectivity index (χ4n) is 2.85. The smallest absolute Gasteiger partial charge is 0.334 e. The molecule has 2 amide bonds. The molecule has 0 radical (unpaired) electrons. The van der Waals surface area contributed by atoms with E-state index in [0.29, 0.717) is 17.9 Å². The lowest BCUT2D eigenvalue weighted by molar-refractivity contribution is -0.148. The zero-order valence-corrected chi connectivity index (χ0v) is 15.2. The Bertz CT molecular complexity index is 873. The largest absolute Gasteiger partial charge is 0.480 e. The number of hydrogen-bond acceptors (Lipinski definition) is 5. The van der Waals surface area contributed by atoms with Crippen molar-refractivity contribution in [1.29, 1.82) is 0 Å². The summed E-state index contributed by atoms with van der Waals surface area (Å²) in [7, 11) is 1.25. The van der Waals surface area contributed by atoms with Crippen LogP contribution >= 0.6 is 0 Å². The molecule has 8 nitrogen and oxygen atoms in total. The lowest BCUT2D eigenvalue weighted by atomic mass is 10.1. The Labute approximate surface area is 161 Å². The number of amides is 2. The highest BCUT2D eigenvalue weighted by molar-refractivity contribution is 5.98. The van der Waals surface area contributed by atoms with E-state index in [1.54, 1.807) is 18.2 Å². The molecule has 0 aliphatic carbocycles. The van der Waals surface area contributed by atoms with Crippen LogP contribution in [0.5, 0.6) is 5.75 Å². The van der Waals surface area contributed by atoms with Crippen molar-refractivity contribution in [3.05, 3.63) is 59.7 Å². The van der Waals surface area contributed by atoms with Gasteiger partial charge in [0.25, 0.3) is 11.8 Å². The highest BCUT2D eigenvalue weighted by Gasteiger charge is 2.28. The number of hydrogen-bond donors (Lipinski definition) is 3. The monoisotopic (exact) mass is 384 g/mol. The van der Waals surface area contributed by atoms with Crippen LogP contribution in [0, 0.1) is 0 Å². The number of para-hydroxylation sites is 1. The maximum atomic E-state index is 12.5. The molecule has 0 aromatic heterocycles. The minimum atomic E-state index is -1.17. The molecule has 1 aliphatic heterocycles. The molecule has 0 saturated heterocycles. The van der Waals surface area contributed by atoms with Gasteiger partial charge in [0.2, 0.25) is 0 Å². The minimum absolute atomic E-state index is 0.171. The van der Waals surface area contributed by atoms with Crippen molar-refractivity contribution in [2.45, 2.75) is 18.6 Å². The van der Waals surface area contributed by atoms with Gasteiger partial charge in [0.1, 0.15) is 5.75 Å². The normalized spacial score (nSPS) is 15.8. The molecule has 2 unspecified atom stereocenters. The van der Waals surface area contributed by atoms with E-state index in [1.807, 2.05) is 24.3 Å². The first-order valence-corrected chi connectivity index (χ1v) is 8.67. The Balaban J connectivity index is 1.60. The fraction of sp³-hybridized carbons (Fsp3) is 0.250. The number of carbonyl (C=O) groups excluding carboxylic acids is 2. The molecule has 2 atom stereocenters. The van der Waals surface area contributed by atoms with E-state index in [9.17, 15) is 14.4 Å². The molecule has 1 aliphatic rings. The Morgan fingerprint density at radius 1 is 1.21 bits per heavy atom. The molecule has 0 spiro atoms. The van der Waals surface area contributed by atoms with Gasteiger partial charge in [-0.15, -0.1) is 0 Å². The zero-order valence-electron chi connectivity index (χ0n) is 15.2. The average molecular weight is 384 g/mol. The van der Waals surface area contributed by atoms with Gasteiger partial charge in [-0.2, -0.15) is 0 Å². The Hall–Kier alpha value is -3.39. The van der Waals surface area contributed by atoms with Gasteiger partial charge in [0.15, 0.2) is 12.2 Å². The average Bonchev–Trinajstić information content (AvgIpc) is 3.12. The van der Waals surface area contributed by atoms with Crippen LogP contribution in [0.3, 0.4) is 0 Å². The predicted octanol–water partition coefficient (Wildman–Crippen LogP) is 1.46. The highest BCUT2D eigenvalue weighted by Crippen LogP contribution is 2.28. The third-order valence-corrected chi connectivity index (χ3v) is 4.34. The molecule has 1 heterocycles. The summed E-state index contributed by atoms with van der Waals surface area (Å²) in [5.41, 5.74) is 1.70. The van der Waals surface area contributed by atoms with Gasteiger partial charge in [-0.3, -0.25) is 9.59 Å². The predicted molar refractivity (Wildman–Crippen MR) is 100 cm³/mol. The van der Waals surface area contributed by atoms with Crippen molar-refractivity contribution in [3.8, 4) is 5.75 Å². The minimum Gasteiger partial charge on any atom is -0.480 e. The summed E-state index contributed by atoms with van der Waals surface area (Å²) in [6, 6.07) is 13.8. The van der Waals surface area contributed by atoms with Gasteiger partial charge in [0.05, 0.1) is 6.54 Å². The molecule has 0 saturated carbocycles. The second-order valence-electron chi connectivity index (χ2n) is 6.26. The number of anilines is 1. The topological polar surface area (TPSA) is 114 Å². The number of aliphatic carboxylic acids is 1. The van der Waals surface area contributed by atoms with Crippen LogP contribution < -0.4 is 15.4 Å². The summed E-state index contributed by atoms with van der Waals surface area (Å²) in [5, 5.41) is 14.2. The molecule has 0 fully saturated rings. The molecule has 28 heavy (non-hydrogen) atoms. The van der Waals surface area contributed by atoms with Crippen LogP contribution in [0.15, 0.2) is 48.5 Å². The maximum absolute atomic E-state index is 12.5. The van der Waals surface area contributed by atoms with Crippen LogP contribution in [-0.2, 0) is 20.7 Å². The van der Waals surface area contributed by atoms with Gasteiger partial charge >= 0.3 is 5.97 Å². The second-order valence-corrected chi connectivity index (χ2v) is 6.26. The van der Waals surface area contributed by atoms with Crippen LogP contribution in [0.25, 0.3) is 0 Å². The Morgan fingerprint density at radius 3 is 2.71 bits per heavy atom. The molecule has 146 valence electrons. The van der Waals surface area contributed by atoms with E-state index < -0.39 is 24.1 Å². The molecular formula is C20H20N2O6. The summed E-state index contributed by atoms with van der Waals surface area (Å²) in [5.74, 6) is -1.24. The number of carbonyl (C=O) groups is 3. The van der Waals surface area contributed by atoms with Crippen molar-refractivity contribution in [1.82, 2.24) is 5.32 Å². The standard InChI is InChI=1S/C20H20N2O6/c1-27-17(20(25)26)11-21-18(23)13-6-4-7-14(9-13)22-19(24)16-10-12-5-2-3-8-15(12)28-16/h2-9,16-17H,10-11H2,1H3,(H,21,23)(H,22,24)(H,25,26). The molecule has 8 heteroatoms. The van der Waals surface area contributed by atoms with E-state index in [-0.39, 0.29) is 18.0 Å². The molecule has 3 N–H and O–H groups in total. The van der Waals surface area contributed by atoms with Crippen LogP contribution in [0.1, 0.15) is 15.9 Å². The summed E-state index contributed by atoms with van der Waals surface area (Å²) >= 11 is 0. The highest BCUT2D eigenvalue weighted by atomic mass is 16.5. The summed E-state index contributed by atoms with van der Waals surface area (Å²) in [6.45, 7) is -0.171. The van der Waals surface area contributed by atoms with E-state index in [4.69, 9.17) is 14.6 Å². The van der Waals surface area contributed by atoms with E-state index in [2.05, 4.69) is 10.6 Å². The van der Waals surface area contributed by atoms with Crippen molar-refractivity contribution < 1.29 is 29.0 Å². The van der Waals surface area contributed by atoms with Crippen molar-refractivity contribution >= 4 is 23.5 Å². The quantitative estimate of drug-likeness (QED) is 0.666. The third-order valence-electron chi connectivity index (χ3n) is 4.34. The SMILES string of the molecule is COC(CNC(=O)c1cccc(NC(=O)C2Cc3ccccc3O2)c1)C(=O)O. The Kier molecular flexibility index (Phi) is 5.90. The molecule has 2 aromatic carbocycles. The van der Waals surface area contributed by atoms with Gasteiger partial charge in [0, 0.05) is 24.8 Å². The van der Waals surface area contributed by atoms with Gasteiger partial charge < -0.3 is 25.2 Å². The number of carboxylic acid groups (broad SMARTS) is 1. The maximum Gasteiger partial charge on any atom is 0.334 e. The summed E-state index contributed by atoms with van der Waals surface area (Å²) in [6.07, 6.45) is -1.28. The number of carboxylic acids is 1. The first-order valence-electron chi connectivity index (χ1n) is 8.67. The van der Waals surface area contributed by atoms with Crippen LogP contribution in [-0.4, -0.2) is 48.8 Å². The van der Waals surface area contributed by atoms with Crippen molar-refractivity contribution in [2.75, 3.05) is 19.0 Å². The number of nitrogens with one attached hydrogen (secondary N) is 2. The molecule has 0 bridgehead atoms. The second kappa shape index (κ2) is 8.53. The van der Waals surface area contributed by atoms with E-state index in [1.165, 1.54) is 13.2 Å². The van der Waals surface area contributed by atoms with E-state index >= 15 is 0 Å². The first kappa shape index (κ1) is 19.4. The summed E-state index contributed by atoms with van der Waals surface area (Å²) < 4.78 is 10.4.